The highest BCUT2D eigenvalue weighted by atomic mass is 19.1. The minimum atomic E-state index is -0.718. The summed E-state index contributed by atoms with van der Waals surface area (Å²) in [6, 6.07) is 4.38. The molecule has 1 aliphatic heterocycles. The molecule has 8 nitrogen and oxygen atoms in total. The molecule has 0 aliphatic carbocycles. The molecule has 0 spiro atoms. The molecule has 2 amide bonds. The number of likely N-dealkylation sites (tertiary alicyclic amines) is 1. The molecule has 1 saturated heterocycles. The predicted molar refractivity (Wildman–Crippen MR) is 121 cm³/mol. The van der Waals surface area contributed by atoms with Gasteiger partial charge in [-0.1, -0.05) is 13.5 Å². The lowest BCUT2D eigenvalue weighted by Crippen LogP contribution is -2.33. The molecule has 4 N–H and O–H groups in total. The molecule has 2 heterocycles. The van der Waals surface area contributed by atoms with Crippen molar-refractivity contribution in [3.63, 3.8) is 0 Å². The normalized spacial score (nSPS) is 15.1. The molecule has 0 atom stereocenters. The molecule has 3 rings (SSSR count). The number of hydrogen-bond donors (Lipinski definition) is 2. The SMILES string of the molecule is C=CC(=O)N1CCCC(n2nc(-c3ccc(OCCC)c(F)c3)c(C(N)=O)c2N)CCC1. The topological polar surface area (TPSA) is 116 Å². The number of rotatable bonds is 7. The molecule has 2 aromatic rings. The van der Waals surface area contributed by atoms with Crippen LogP contribution >= 0.6 is 0 Å². The van der Waals surface area contributed by atoms with Gasteiger partial charge < -0.3 is 21.1 Å². The van der Waals surface area contributed by atoms with Crippen LogP contribution in [0.15, 0.2) is 30.9 Å². The largest absolute Gasteiger partial charge is 0.491 e. The zero-order chi connectivity index (χ0) is 23.3. The summed E-state index contributed by atoms with van der Waals surface area (Å²) < 4.78 is 21.5. The molecule has 0 bridgehead atoms. The number of carbonyl (C=O) groups excluding carboxylic acids is 2. The van der Waals surface area contributed by atoms with E-state index >= 15 is 0 Å². The highest BCUT2D eigenvalue weighted by molar-refractivity contribution is 6.03. The van der Waals surface area contributed by atoms with Crippen molar-refractivity contribution in [1.82, 2.24) is 14.7 Å². The van der Waals surface area contributed by atoms with E-state index in [0.29, 0.717) is 25.3 Å². The second kappa shape index (κ2) is 10.3. The highest BCUT2D eigenvalue weighted by Crippen LogP contribution is 2.34. The van der Waals surface area contributed by atoms with Crippen LogP contribution in [-0.4, -0.2) is 46.2 Å². The zero-order valence-electron chi connectivity index (χ0n) is 18.3. The smallest absolute Gasteiger partial charge is 0.254 e. The first-order valence-corrected chi connectivity index (χ1v) is 10.9. The number of amides is 2. The van der Waals surface area contributed by atoms with Gasteiger partial charge in [-0.15, -0.1) is 0 Å². The van der Waals surface area contributed by atoms with Crippen molar-refractivity contribution in [2.75, 3.05) is 25.4 Å². The van der Waals surface area contributed by atoms with Crippen molar-refractivity contribution in [3.05, 3.63) is 42.2 Å². The molecule has 0 saturated carbocycles. The summed E-state index contributed by atoms with van der Waals surface area (Å²) in [4.78, 5) is 25.9. The van der Waals surface area contributed by atoms with Crippen LogP contribution in [0.4, 0.5) is 10.2 Å². The van der Waals surface area contributed by atoms with Gasteiger partial charge in [-0.25, -0.2) is 9.07 Å². The van der Waals surface area contributed by atoms with Gasteiger partial charge in [0.1, 0.15) is 17.1 Å². The van der Waals surface area contributed by atoms with Crippen molar-refractivity contribution < 1.29 is 18.7 Å². The minimum absolute atomic E-state index is 0.0557. The Hall–Kier alpha value is -3.36. The Morgan fingerprint density at radius 3 is 2.56 bits per heavy atom. The number of carbonyl (C=O) groups is 2. The number of nitrogens with zero attached hydrogens (tertiary/aromatic N) is 3. The molecule has 9 heteroatoms. The van der Waals surface area contributed by atoms with Gasteiger partial charge in [0.2, 0.25) is 5.91 Å². The lowest BCUT2D eigenvalue weighted by Gasteiger charge is -2.27. The van der Waals surface area contributed by atoms with Crippen molar-refractivity contribution >= 4 is 17.6 Å². The Labute approximate surface area is 187 Å². The lowest BCUT2D eigenvalue weighted by atomic mass is 10.0. The number of primary amides is 1. The van der Waals surface area contributed by atoms with Crippen LogP contribution in [0.5, 0.6) is 5.75 Å². The van der Waals surface area contributed by atoms with E-state index in [0.717, 1.165) is 32.1 Å². The number of nitrogens with two attached hydrogens (primary N) is 2. The molecule has 1 aliphatic rings. The maximum Gasteiger partial charge on any atom is 0.254 e. The summed E-state index contributed by atoms with van der Waals surface area (Å²) in [5.74, 6) is -1.03. The summed E-state index contributed by atoms with van der Waals surface area (Å²) in [6.07, 6.45) is 5.04. The second-order valence-corrected chi connectivity index (χ2v) is 7.88. The van der Waals surface area contributed by atoms with Crippen molar-refractivity contribution in [3.8, 4) is 17.0 Å². The summed E-state index contributed by atoms with van der Waals surface area (Å²) in [7, 11) is 0. The third kappa shape index (κ3) is 4.92. The fraction of sp³-hybridized carbons (Fsp3) is 0.435. The molecular formula is C23H30FN5O3. The standard InChI is InChI=1S/C23H30FN5O3/c1-3-13-32-18-10-9-15(14-17(18)24)21-20(23(26)31)22(25)29(27-21)16-7-5-11-28(12-6-8-16)19(30)4-2/h4,9-10,14,16H,2-3,5-8,11-13,25H2,1H3,(H2,26,31). The Bertz CT molecular complexity index is 994. The quantitative estimate of drug-likeness (QED) is 0.637. The molecule has 1 aromatic carbocycles. The van der Waals surface area contributed by atoms with E-state index in [2.05, 4.69) is 11.7 Å². The number of ether oxygens (including phenoxy) is 1. The van der Waals surface area contributed by atoms with E-state index in [9.17, 15) is 14.0 Å². The van der Waals surface area contributed by atoms with Gasteiger partial charge in [-0.3, -0.25) is 9.59 Å². The van der Waals surface area contributed by atoms with Crippen LogP contribution in [0.25, 0.3) is 11.3 Å². The van der Waals surface area contributed by atoms with Crippen molar-refractivity contribution in [2.24, 2.45) is 5.73 Å². The summed E-state index contributed by atoms with van der Waals surface area (Å²) in [5.41, 5.74) is 12.6. The number of benzene rings is 1. The fourth-order valence-electron chi connectivity index (χ4n) is 4.03. The Balaban J connectivity index is 1.89. The third-order valence-electron chi connectivity index (χ3n) is 5.62. The van der Waals surface area contributed by atoms with Gasteiger partial charge in [0, 0.05) is 18.7 Å². The van der Waals surface area contributed by atoms with Crippen LogP contribution in [-0.2, 0) is 4.79 Å². The molecule has 32 heavy (non-hydrogen) atoms. The van der Waals surface area contributed by atoms with Gasteiger partial charge >= 0.3 is 0 Å². The number of nitrogen functional groups attached to an aromatic ring is 1. The molecule has 0 unspecified atom stereocenters. The van der Waals surface area contributed by atoms with Crippen LogP contribution in [0.3, 0.4) is 0 Å². The predicted octanol–water partition coefficient (Wildman–Crippen LogP) is 3.29. The maximum atomic E-state index is 14.5. The van der Waals surface area contributed by atoms with E-state index in [-0.39, 0.29) is 34.8 Å². The first-order chi connectivity index (χ1) is 15.4. The van der Waals surface area contributed by atoms with Gasteiger partial charge in [0.15, 0.2) is 11.6 Å². The summed E-state index contributed by atoms with van der Waals surface area (Å²) >= 11 is 0. The Morgan fingerprint density at radius 2 is 2.00 bits per heavy atom. The Morgan fingerprint density at radius 1 is 1.31 bits per heavy atom. The first kappa shape index (κ1) is 23.3. The second-order valence-electron chi connectivity index (χ2n) is 7.88. The average Bonchev–Trinajstić information content (AvgIpc) is 3.09. The average molecular weight is 444 g/mol. The summed E-state index contributed by atoms with van der Waals surface area (Å²) in [5, 5.41) is 4.59. The summed E-state index contributed by atoms with van der Waals surface area (Å²) in [6.45, 7) is 7.12. The fourth-order valence-corrected chi connectivity index (χ4v) is 4.03. The van der Waals surface area contributed by atoms with Crippen LogP contribution in [0.2, 0.25) is 0 Å². The molecule has 172 valence electrons. The van der Waals surface area contributed by atoms with Crippen molar-refractivity contribution in [1.29, 1.82) is 0 Å². The number of hydrogen-bond acceptors (Lipinski definition) is 5. The van der Waals surface area contributed by atoms with Crippen molar-refractivity contribution in [2.45, 2.75) is 45.1 Å². The maximum absolute atomic E-state index is 14.5. The molecular weight excluding hydrogens is 413 g/mol. The van der Waals surface area contributed by atoms with E-state index in [1.54, 1.807) is 15.6 Å². The van der Waals surface area contributed by atoms with Gasteiger partial charge in [-0.2, -0.15) is 5.10 Å². The highest BCUT2D eigenvalue weighted by Gasteiger charge is 2.27. The van der Waals surface area contributed by atoms with Crippen LogP contribution in [0.1, 0.15) is 55.4 Å². The molecule has 1 fully saturated rings. The third-order valence-corrected chi connectivity index (χ3v) is 5.62. The zero-order valence-corrected chi connectivity index (χ0v) is 18.3. The van der Waals surface area contributed by atoms with Gasteiger partial charge in [-0.05, 0) is 56.4 Å². The lowest BCUT2D eigenvalue weighted by molar-refractivity contribution is -0.126. The Kier molecular flexibility index (Phi) is 7.50. The van der Waals surface area contributed by atoms with Crippen LogP contribution < -0.4 is 16.2 Å². The number of halogens is 1. The number of anilines is 1. The van der Waals surface area contributed by atoms with E-state index in [4.69, 9.17) is 16.2 Å². The van der Waals surface area contributed by atoms with E-state index in [1.807, 2.05) is 6.92 Å². The van der Waals surface area contributed by atoms with E-state index in [1.165, 1.54) is 18.2 Å². The van der Waals surface area contributed by atoms with Gasteiger partial charge in [0.25, 0.3) is 5.91 Å². The van der Waals surface area contributed by atoms with Crippen LogP contribution in [0, 0.1) is 5.82 Å². The van der Waals surface area contributed by atoms with Gasteiger partial charge in [0.05, 0.1) is 12.6 Å². The minimum Gasteiger partial charge on any atom is -0.491 e. The number of aromatic nitrogens is 2. The van der Waals surface area contributed by atoms with E-state index < -0.39 is 11.7 Å². The molecule has 1 aromatic heterocycles. The molecule has 0 radical (unpaired) electrons. The first-order valence-electron chi connectivity index (χ1n) is 10.9. The monoisotopic (exact) mass is 443 g/mol.